The van der Waals surface area contributed by atoms with E-state index in [9.17, 15) is 20.1 Å². The van der Waals surface area contributed by atoms with Gasteiger partial charge in [0.15, 0.2) is 6.10 Å². The summed E-state index contributed by atoms with van der Waals surface area (Å²) in [6, 6.07) is 6.52. The summed E-state index contributed by atoms with van der Waals surface area (Å²) in [5.74, 6) is -1.18. The fourth-order valence-electron chi connectivity index (χ4n) is 2.15. The number of aliphatic hydroxyl groups excluding tert-OH is 4. The van der Waals surface area contributed by atoms with Gasteiger partial charge in [-0.2, -0.15) is 0 Å². The highest BCUT2D eigenvalue weighted by atomic mass is 16.7. The first-order valence-electron chi connectivity index (χ1n) is 6.73. The lowest BCUT2D eigenvalue weighted by molar-refractivity contribution is -0.271. The highest BCUT2D eigenvalue weighted by Gasteiger charge is 2.48. The maximum atomic E-state index is 11.0. The van der Waals surface area contributed by atoms with Gasteiger partial charge in [0.1, 0.15) is 24.1 Å². The van der Waals surface area contributed by atoms with Crippen molar-refractivity contribution in [3.63, 3.8) is 0 Å². The molecule has 0 aliphatic carbocycles. The van der Waals surface area contributed by atoms with E-state index in [1.807, 2.05) is 0 Å². The Kier molecular flexibility index (Phi) is 5.33. The number of carboxylic acid groups (broad SMARTS) is 1. The van der Waals surface area contributed by atoms with Crippen molar-refractivity contribution in [3.05, 3.63) is 29.8 Å². The van der Waals surface area contributed by atoms with Gasteiger partial charge in [-0.15, -0.1) is 0 Å². The summed E-state index contributed by atoms with van der Waals surface area (Å²) in [6.45, 7) is 0.00895. The molecule has 0 spiro atoms. The molecule has 22 heavy (non-hydrogen) atoms. The minimum atomic E-state index is -1.75. The van der Waals surface area contributed by atoms with Crippen LogP contribution in [0.1, 0.15) is 5.56 Å². The predicted octanol–water partition coefficient (Wildman–Crippen LogP) is -1.51. The van der Waals surface area contributed by atoms with Gasteiger partial charge in [0.05, 0.1) is 0 Å². The molecule has 1 aliphatic rings. The van der Waals surface area contributed by atoms with Gasteiger partial charge < -0.3 is 35.0 Å². The first-order chi connectivity index (χ1) is 10.4. The zero-order chi connectivity index (χ0) is 16.3. The highest BCUT2D eigenvalue weighted by molar-refractivity contribution is 5.73. The van der Waals surface area contributed by atoms with Crippen molar-refractivity contribution < 1.29 is 39.8 Å². The summed E-state index contributed by atoms with van der Waals surface area (Å²) in [7, 11) is 0. The Morgan fingerprint density at radius 3 is 2.27 bits per heavy atom. The zero-order valence-corrected chi connectivity index (χ0v) is 11.6. The molecule has 8 nitrogen and oxygen atoms in total. The molecule has 1 fully saturated rings. The molecular formula is C14H18O8. The fourth-order valence-corrected chi connectivity index (χ4v) is 2.15. The first kappa shape index (κ1) is 16.7. The van der Waals surface area contributed by atoms with Gasteiger partial charge >= 0.3 is 5.97 Å². The number of benzene rings is 1. The van der Waals surface area contributed by atoms with Crippen molar-refractivity contribution in [2.45, 2.75) is 37.1 Å². The van der Waals surface area contributed by atoms with E-state index in [2.05, 4.69) is 0 Å². The van der Waals surface area contributed by atoms with Crippen LogP contribution in [0, 0.1) is 0 Å². The van der Waals surface area contributed by atoms with Crippen LogP contribution in [0.4, 0.5) is 0 Å². The Hall–Kier alpha value is -1.71. The lowest BCUT2D eigenvalue weighted by atomic mass is 9.99. The summed E-state index contributed by atoms with van der Waals surface area (Å²) >= 11 is 0. The Balaban J connectivity index is 2.08. The maximum absolute atomic E-state index is 11.0. The second-order valence-electron chi connectivity index (χ2n) is 4.97. The SMILES string of the molecule is O=C(O)[C@H]1O[C@H](Oc2ccc(CCO)cc2)[C@@H](O)[C@H](O)[C@@H]1O. The third-order valence-corrected chi connectivity index (χ3v) is 3.39. The van der Waals surface area contributed by atoms with E-state index in [1.165, 1.54) is 0 Å². The maximum Gasteiger partial charge on any atom is 0.335 e. The number of carbonyl (C=O) groups is 1. The van der Waals surface area contributed by atoms with E-state index in [4.69, 9.17) is 19.7 Å². The van der Waals surface area contributed by atoms with Gasteiger partial charge in [-0.3, -0.25) is 0 Å². The molecule has 5 N–H and O–H groups in total. The van der Waals surface area contributed by atoms with Crippen LogP contribution in [0.2, 0.25) is 0 Å². The van der Waals surface area contributed by atoms with Crippen molar-refractivity contribution in [1.82, 2.24) is 0 Å². The monoisotopic (exact) mass is 314 g/mol. The molecule has 5 atom stereocenters. The molecule has 8 heteroatoms. The minimum Gasteiger partial charge on any atom is -0.479 e. The van der Waals surface area contributed by atoms with Crippen molar-refractivity contribution in [1.29, 1.82) is 0 Å². The van der Waals surface area contributed by atoms with Gasteiger partial charge in [0.2, 0.25) is 6.29 Å². The Labute approximate surface area is 126 Å². The minimum absolute atomic E-state index is 0.00895. The Morgan fingerprint density at radius 1 is 1.09 bits per heavy atom. The molecule has 1 saturated heterocycles. The summed E-state index contributed by atoms with van der Waals surface area (Å²) in [5, 5.41) is 46.8. The van der Waals surface area contributed by atoms with E-state index in [-0.39, 0.29) is 6.61 Å². The van der Waals surface area contributed by atoms with Crippen LogP contribution in [0.5, 0.6) is 5.75 Å². The number of aliphatic carboxylic acids is 1. The standard InChI is InChI=1S/C14H18O8/c15-6-5-7-1-3-8(4-2-7)21-14-11(18)9(16)10(17)12(22-14)13(19)20/h1-4,9-12,14-18H,5-6H2,(H,19,20)/t9-,10+,11+,12+,14+/m1/s1. The molecule has 0 aromatic heterocycles. The molecule has 0 saturated carbocycles. The van der Waals surface area contributed by atoms with Crippen LogP contribution < -0.4 is 4.74 Å². The smallest absolute Gasteiger partial charge is 0.335 e. The third-order valence-electron chi connectivity index (χ3n) is 3.39. The lowest BCUT2D eigenvalue weighted by Crippen LogP contribution is -2.61. The molecule has 1 aromatic rings. The molecule has 2 rings (SSSR count). The average Bonchev–Trinajstić information content (AvgIpc) is 2.49. The molecular weight excluding hydrogens is 296 g/mol. The largest absolute Gasteiger partial charge is 0.479 e. The number of ether oxygens (including phenoxy) is 2. The van der Waals surface area contributed by atoms with Crippen molar-refractivity contribution in [2.75, 3.05) is 6.61 Å². The second kappa shape index (κ2) is 7.03. The highest BCUT2D eigenvalue weighted by Crippen LogP contribution is 2.24. The second-order valence-corrected chi connectivity index (χ2v) is 4.97. The van der Waals surface area contributed by atoms with Crippen molar-refractivity contribution in [3.8, 4) is 5.75 Å². The molecule has 0 unspecified atom stereocenters. The van der Waals surface area contributed by atoms with Crippen molar-refractivity contribution >= 4 is 5.97 Å². The van der Waals surface area contributed by atoms with Crippen LogP contribution >= 0.6 is 0 Å². The summed E-state index contributed by atoms with van der Waals surface area (Å²) in [5.41, 5.74) is 0.874. The summed E-state index contributed by atoms with van der Waals surface area (Å²) < 4.78 is 10.3. The third kappa shape index (κ3) is 3.54. The Bertz CT molecular complexity index is 502. The van der Waals surface area contributed by atoms with Crippen LogP contribution in [0.15, 0.2) is 24.3 Å². The van der Waals surface area contributed by atoms with Crippen molar-refractivity contribution in [2.24, 2.45) is 0 Å². The van der Waals surface area contributed by atoms with E-state index >= 15 is 0 Å². The van der Waals surface area contributed by atoms with E-state index in [0.717, 1.165) is 5.56 Å². The number of hydrogen-bond donors (Lipinski definition) is 5. The van der Waals surface area contributed by atoms with Crippen LogP contribution in [-0.4, -0.2) is 68.8 Å². The zero-order valence-electron chi connectivity index (χ0n) is 11.6. The fraction of sp³-hybridized carbons (Fsp3) is 0.500. The van der Waals surface area contributed by atoms with Crippen LogP contribution in [0.3, 0.4) is 0 Å². The lowest BCUT2D eigenvalue weighted by Gasteiger charge is -2.38. The van der Waals surface area contributed by atoms with Crippen LogP contribution in [0.25, 0.3) is 0 Å². The van der Waals surface area contributed by atoms with E-state index in [0.29, 0.717) is 12.2 Å². The molecule has 0 bridgehead atoms. The van der Waals surface area contributed by atoms with Gasteiger partial charge in [0.25, 0.3) is 0 Å². The predicted molar refractivity (Wildman–Crippen MR) is 72.2 cm³/mol. The topological polar surface area (TPSA) is 137 Å². The van der Waals surface area contributed by atoms with Crippen LogP contribution in [-0.2, 0) is 16.0 Å². The first-order valence-corrected chi connectivity index (χ1v) is 6.73. The van der Waals surface area contributed by atoms with Gasteiger partial charge in [-0.05, 0) is 24.1 Å². The van der Waals surface area contributed by atoms with Gasteiger partial charge in [-0.25, -0.2) is 4.79 Å². The average molecular weight is 314 g/mol. The quantitative estimate of drug-likeness (QED) is 0.442. The number of carboxylic acids is 1. The van der Waals surface area contributed by atoms with E-state index in [1.54, 1.807) is 24.3 Å². The summed E-state index contributed by atoms with van der Waals surface area (Å²) in [6.07, 6.45) is -7.69. The normalized spacial score (nSPS) is 31.7. The molecule has 0 radical (unpaired) electrons. The molecule has 0 amide bonds. The van der Waals surface area contributed by atoms with E-state index < -0.39 is 36.7 Å². The van der Waals surface area contributed by atoms with Gasteiger partial charge in [0, 0.05) is 6.61 Å². The van der Waals surface area contributed by atoms with Gasteiger partial charge in [-0.1, -0.05) is 12.1 Å². The molecule has 1 aromatic carbocycles. The number of aliphatic hydroxyl groups is 4. The number of hydrogen-bond acceptors (Lipinski definition) is 7. The molecule has 1 aliphatic heterocycles. The molecule has 122 valence electrons. The Morgan fingerprint density at radius 2 is 1.73 bits per heavy atom. The number of rotatable bonds is 5. The molecule has 1 heterocycles. The summed E-state index contributed by atoms with van der Waals surface area (Å²) in [4.78, 5) is 11.0.